The summed E-state index contributed by atoms with van der Waals surface area (Å²) >= 11 is 5.91. The highest BCUT2D eigenvalue weighted by atomic mass is 35.5. The average Bonchev–Trinajstić information content (AvgIpc) is 2.49. The van der Waals surface area contributed by atoms with Gasteiger partial charge < -0.3 is 14.2 Å². The fourth-order valence-corrected chi connectivity index (χ4v) is 1.83. The van der Waals surface area contributed by atoms with Gasteiger partial charge in [0.1, 0.15) is 5.75 Å². The standard InChI is InChI=1S/C16H15ClO4/c1-11-9-12(7-8-13(11)17)21-16(18)10-20-15-6-4-3-5-14(15)19-2/h3-9H,10H2,1-2H3. The molecule has 2 rings (SSSR count). The van der Waals surface area contributed by atoms with Crippen LogP contribution in [0.25, 0.3) is 0 Å². The van der Waals surface area contributed by atoms with Crippen molar-refractivity contribution in [3.8, 4) is 17.2 Å². The van der Waals surface area contributed by atoms with Crippen molar-refractivity contribution < 1.29 is 19.0 Å². The number of esters is 1. The minimum Gasteiger partial charge on any atom is -0.493 e. The number of carbonyl (C=O) groups excluding carboxylic acids is 1. The number of hydrogen-bond donors (Lipinski definition) is 0. The van der Waals surface area contributed by atoms with Gasteiger partial charge in [0.25, 0.3) is 0 Å². The van der Waals surface area contributed by atoms with Gasteiger partial charge in [0, 0.05) is 5.02 Å². The first-order valence-electron chi connectivity index (χ1n) is 6.33. The van der Waals surface area contributed by atoms with E-state index in [9.17, 15) is 4.79 Å². The highest BCUT2D eigenvalue weighted by Crippen LogP contribution is 2.26. The number of aryl methyl sites for hydroxylation is 1. The average molecular weight is 307 g/mol. The first kappa shape index (κ1) is 15.2. The summed E-state index contributed by atoms with van der Waals surface area (Å²) in [6, 6.07) is 12.1. The molecule has 0 aliphatic heterocycles. The van der Waals surface area contributed by atoms with Gasteiger partial charge in [-0.15, -0.1) is 0 Å². The minimum atomic E-state index is -0.498. The summed E-state index contributed by atoms with van der Waals surface area (Å²) in [7, 11) is 1.54. The van der Waals surface area contributed by atoms with Crippen molar-refractivity contribution in [1.29, 1.82) is 0 Å². The van der Waals surface area contributed by atoms with E-state index in [4.69, 9.17) is 25.8 Å². The summed E-state index contributed by atoms with van der Waals surface area (Å²) in [6.07, 6.45) is 0. The Morgan fingerprint density at radius 1 is 1.14 bits per heavy atom. The van der Waals surface area contributed by atoms with Gasteiger partial charge in [-0.05, 0) is 42.8 Å². The van der Waals surface area contributed by atoms with Crippen LogP contribution in [-0.4, -0.2) is 19.7 Å². The molecule has 0 aromatic heterocycles. The lowest BCUT2D eigenvalue weighted by Crippen LogP contribution is -2.18. The summed E-state index contributed by atoms with van der Waals surface area (Å²) in [5.74, 6) is 0.991. The minimum absolute atomic E-state index is 0.206. The van der Waals surface area contributed by atoms with Crippen molar-refractivity contribution in [2.45, 2.75) is 6.92 Å². The van der Waals surface area contributed by atoms with Crippen molar-refractivity contribution in [3.63, 3.8) is 0 Å². The molecule has 0 aliphatic rings. The van der Waals surface area contributed by atoms with Gasteiger partial charge in [-0.3, -0.25) is 0 Å². The zero-order chi connectivity index (χ0) is 15.2. The highest BCUT2D eigenvalue weighted by molar-refractivity contribution is 6.31. The molecule has 0 saturated carbocycles. The normalized spacial score (nSPS) is 10.0. The number of carbonyl (C=O) groups is 1. The first-order valence-corrected chi connectivity index (χ1v) is 6.70. The lowest BCUT2D eigenvalue weighted by atomic mass is 10.2. The van der Waals surface area contributed by atoms with E-state index in [1.54, 1.807) is 36.4 Å². The molecule has 0 heterocycles. The van der Waals surface area contributed by atoms with Crippen LogP contribution >= 0.6 is 11.6 Å². The Bertz CT molecular complexity index is 640. The molecular weight excluding hydrogens is 292 g/mol. The third-order valence-electron chi connectivity index (χ3n) is 2.78. The van der Waals surface area contributed by atoms with Gasteiger partial charge in [0.15, 0.2) is 18.1 Å². The maximum absolute atomic E-state index is 11.8. The van der Waals surface area contributed by atoms with Crippen LogP contribution in [0.3, 0.4) is 0 Å². The maximum Gasteiger partial charge on any atom is 0.349 e. The molecule has 0 N–H and O–H groups in total. The maximum atomic E-state index is 11.8. The van der Waals surface area contributed by atoms with Gasteiger partial charge in [-0.1, -0.05) is 23.7 Å². The van der Waals surface area contributed by atoms with Crippen molar-refractivity contribution in [3.05, 3.63) is 53.1 Å². The smallest absolute Gasteiger partial charge is 0.349 e. The second-order valence-corrected chi connectivity index (χ2v) is 4.73. The van der Waals surface area contributed by atoms with E-state index in [2.05, 4.69) is 0 Å². The van der Waals surface area contributed by atoms with E-state index in [0.717, 1.165) is 5.56 Å². The van der Waals surface area contributed by atoms with Crippen LogP contribution in [0.4, 0.5) is 0 Å². The zero-order valence-corrected chi connectivity index (χ0v) is 12.5. The summed E-state index contributed by atoms with van der Waals surface area (Å²) < 4.78 is 15.7. The van der Waals surface area contributed by atoms with Crippen LogP contribution in [0.1, 0.15) is 5.56 Å². The molecule has 5 heteroatoms. The molecule has 0 radical (unpaired) electrons. The van der Waals surface area contributed by atoms with E-state index in [1.807, 2.05) is 13.0 Å². The lowest BCUT2D eigenvalue weighted by molar-refractivity contribution is -0.136. The van der Waals surface area contributed by atoms with E-state index in [0.29, 0.717) is 22.3 Å². The van der Waals surface area contributed by atoms with E-state index in [1.165, 1.54) is 7.11 Å². The van der Waals surface area contributed by atoms with E-state index >= 15 is 0 Å². The third-order valence-corrected chi connectivity index (χ3v) is 3.20. The van der Waals surface area contributed by atoms with Crippen molar-refractivity contribution in [2.24, 2.45) is 0 Å². The Balaban J connectivity index is 1.94. The molecule has 0 aliphatic carbocycles. The van der Waals surface area contributed by atoms with Gasteiger partial charge in [-0.25, -0.2) is 4.79 Å². The fourth-order valence-electron chi connectivity index (χ4n) is 1.72. The monoisotopic (exact) mass is 306 g/mol. The van der Waals surface area contributed by atoms with Crippen LogP contribution in [-0.2, 0) is 4.79 Å². The molecule has 110 valence electrons. The topological polar surface area (TPSA) is 44.8 Å². The van der Waals surface area contributed by atoms with Gasteiger partial charge in [0.05, 0.1) is 7.11 Å². The lowest BCUT2D eigenvalue weighted by Gasteiger charge is -2.10. The Morgan fingerprint density at radius 3 is 2.52 bits per heavy atom. The van der Waals surface area contributed by atoms with Crippen molar-refractivity contribution in [1.82, 2.24) is 0 Å². The van der Waals surface area contributed by atoms with Gasteiger partial charge >= 0.3 is 5.97 Å². The number of halogens is 1. The van der Waals surface area contributed by atoms with Crippen LogP contribution in [0, 0.1) is 6.92 Å². The molecule has 0 atom stereocenters. The number of ether oxygens (including phenoxy) is 3. The fraction of sp³-hybridized carbons (Fsp3) is 0.188. The molecule has 0 amide bonds. The molecule has 0 spiro atoms. The number of rotatable bonds is 5. The van der Waals surface area contributed by atoms with Crippen LogP contribution in [0.15, 0.2) is 42.5 Å². The molecule has 0 saturated heterocycles. The molecule has 0 fully saturated rings. The second kappa shape index (κ2) is 6.99. The SMILES string of the molecule is COc1ccccc1OCC(=O)Oc1ccc(Cl)c(C)c1. The molecule has 2 aromatic rings. The van der Waals surface area contributed by atoms with Crippen LogP contribution < -0.4 is 14.2 Å². The van der Waals surface area contributed by atoms with Crippen LogP contribution in [0.5, 0.6) is 17.2 Å². The number of methoxy groups -OCH3 is 1. The second-order valence-electron chi connectivity index (χ2n) is 4.32. The Morgan fingerprint density at radius 2 is 1.86 bits per heavy atom. The highest BCUT2D eigenvalue weighted by Gasteiger charge is 2.09. The summed E-state index contributed by atoms with van der Waals surface area (Å²) in [5, 5.41) is 0.625. The number of hydrogen-bond acceptors (Lipinski definition) is 4. The first-order chi connectivity index (χ1) is 10.1. The number of benzene rings is 2. The van der Waals surface area contributed by atoms with Gasteiger partial charge in [-0.2, -0.15) is 0 Å². The third kappa shape index (κ3) is 4.13. The summed E-state index contributed by atoms with van der Waals surface area (Å²) in [4.78, 5) is 11.8. The summed E-state index contributed by atoms with van der Waals surface area (Å²) in [5.41, 5.74) is 0.840. The predicted octanol–water partition coefficient (Wildman–Crippen LogP) is 3.64. The van der Waals surface area contributed by atoms with Gasteiger partial charge in [0.2, 0.25) is 0 Å². The van der Waals surface area contributed by atoms with Crippen LogP contribution in [0.2, 0.25) is 5.02 Å². The molecule has 0 bridgehead atoms. The molecule has 2 aromatic carbocycles. The Hall–Kier alpha value is -2.20. The molecular formula is C16H15ClO4. The largest absolute Gasteiger partial charge is 0.493 e. The molecule has 4 nitrogen and oxygen atoms in total. The number of para-hydroxylation sites is 2. The van der Waals surface area contributed by atoms with E-state index < -0.39 is 5.97 Å². The molecule has 0 unspecified atom stereocenters. The van der Waals surface area contributed by atoms with E-state index in [-0.39, 0.29) is 6.61 Å². The van der Waals surface area contributed by atoms with Crippen molar-refractivity contribution in [2.75, 3.05) is 13.7 Å². The quantitative estimate of drug-likeness (QED) is 0.625. The molecule has 21 heavy (non-hydrogen) atoms. The Labute approximate surface area is 128 Å². The van der Waals surface area contributed by atoms with Crippen molar-refractivity contribution >= 4 is 17.6 Å². The zero-order valence-electron chi connectivity index (χ0n) is 11.8. The predicted molar refractivity (Wildman–Crippen MR) is 80.3 cm³/mol. The summed E-state index contributed by atoms with van der Waals surface area (Å²) in [6.45, 7) is 1.63. The Kier molecular flexibility index (Phi) is 5.06.